The van der Waals surface area contributed by atoms with Crippen molar-refractivity contribution in [2.75, 3.05) is 0 Å². The summed E-state index contributed by atoms with van der Waals surface area (Å²) in [5.74, 6) is 0.677. The van der Waals surface area contributed by atoms with Crippen molar-refractivity contribution >= 4 is 41.0 Å². The summed E-state index contributed by atoms with van der Waals surface area (Å²) in [7, 11) is 0. The SMILES string of the molecule is Clc1ccc(CN/N=C\c2cc(Cl)ccc2OCc2ccccc2Cl)cc1. The normalized spacial score (nSPS) is 10.9. The quantitative estimate of drug-likeness (QED) is 0.357. The van der Waals surface area contributed by atoms with E-state index in [-0.39, 0.29) is 0 Å². The zero-order valence-corrected chi connectivity index (χ0v) is 16.6. The first kappa shape index (κ1) is 19.6. The van der Waals surface area contributed by atoms with E-state index in [2.05, 4.69) is 10.5 Å². The third kappa shape index (κ3) is 5.90. The zero-order valence-electron chi connectivity index (χ0n) is 14.3. The van der Waals surface area contributed by atoms with Gasteiger partial charge in [0.2, 0.25) is 0 Å². The summed E-state index contributed by atoms with van der Waals surface area (Å²) in [5.41, 5.74) is 5.78. The molecule has 3 aromatic rings. The van der Waals surface area contributed by atoms with Gasteiger partial charge in [0, 0.05) is 26.2 Å². The van der Waals surface area contributed by atoms with Crippen molar-refractivity contribution in [1.82, 2.24) is 5.43 Å². The first-order valence-corrected chi connectivity index (χ1v) is 9.41. The number of nitrogens with one attached hydrogen (secondary N) is 1. The van der Waals surface area contributed by atoms with E-state index in [9.17, 15) is 0 Å². The number of hydrogen-bond donors (Lipinski definition) is 1. The summed E-state index contributed by atoms with van der Waals surface area (Å²) in [6.07, 6.45) is 1.68. The van der Waals surface area contributed by atoms with Gasteiger partial charge in [0.1, 0.15) is 12.4 Å². The number of hydrazone groups is 1. The summed E-state index contributed by atoms with van der Waals surface area (Å²) in [4.78, 5) is 0. The van der Waals surface area contributed by atoms with Gasteiger partial charge in [-0.25, -0.2) is 0 Å². The molecule has 0 amide bonds. The molecule has 0 aliphatic heterocycles. The van der Waals surface area contributed by atoms with Crippen LogP contribution in [0.25, 0.3) is 0 Å². The number of benzene rings is 3. The number of halogens is 3. The van der Waals surface area contributed by atoms with E-state index in [0.29, 0.717) is 34.0 Å². The molecule has 0 heterocycles. The van der Waals surface area contributed by atoms with E-state index in [1.165, 1.54) is 0 Å². The van der Waals surface area contributed by atoms with Crippen LogP contribution >= 0.6 is 34.8 Å². The zero-order chi connectivity index (χ0) is 19.1. The maximum absolute atomic E-state index is 6.18. The molecule has 3 aromatic carbocycles. The van der Waals surface area contributed by atoms with Crippen LogP contribution in [0.2, 0.25) is 15.1 Å². The van der Waals surface area contributed by atoms with Gasteiger partial charge in [-0.15, -0.1) is 0 Å². The lowest BCUT2D eigenvalue weighted by Crippen LogP contribution is -2.06. The van der Waals surface area contributed by atoms with E-state index in [4.69, 9.17) is 39.5 Å². The van der Waals surface area contributed by atoms with E-state index in [1.54, 1.807) is 18.3 Å². The summed E-state index contributed by atoms with van der Waals surface area (Å²) in [6, 6.07) is 20.6. The Morgan fingerprint density at radius 2 is 1.63 bits per heavy atom. The Kier molecular flexibility index (Phi) is 6.99. The Bertz CT molecular complexity index is 927. The molecule has 3 nitrogen and oxygen atoms in total. The Labute approximate surface area is 173 Å². The van der Waals surface area contributed by atoms with Crippen LogP contribution in [0.15, 0.2) is 71.8 Å². The lowest BCUT2D eigenvalue weighted by Gasteiger charge is -2.10. The molecule has 0 aliphatic carbocycles. The van der Waals surface area contributed by atoms with Crippen molar-refractivity contribution < 1.29 is 4.74 Å². The molecule has 0 saturated carbocycles. The number of nitrogens with zero attached hydrogens (tertiary/aromatic N) is 1. The Balaban J connectivity index is 1.64. The highest BCUT2D eigenvalue weighted by Gasteiger charge is 2.05. The number of ether oxygens (including phenoxy) is 1. The van der Waals surface area contributed by atoms with Gasteiger partial charge in [0.25, 0.3) is 0 Å². The average Bonchev–Trinajstić information content (AvgIpc) is 2.67. The first-order valence-electron chi connectivity index (χ1n) is 8.28. The minimum Gasteiger partial charge on any atom is -0.488 e. The molecular formula is C21H17Cl3N2O. The van der Waals surface area contributed by atoms with Crippen LogP contribution in [0, 0.1) is 0 Å². The van der Waals surface area contributed by atoms with Crippen molar-refractivity contribution in [3.8, 4) is 5.75 Å². The highest BCUT2D eigenvalue weighted by Crippen LogP contribution is 2.24. The molecule has 0 fully saturated rings. The smallest absolute Gasteiger partial charge is 0.128 e. The molecule has 1 N–H and O–H groups in total. The lowest BCUT2D eigenvalue weighted by molar-refractivity contribution is 0.306. The predicted octanol–water partition coefficient (Wildman–Crippen LogP) is 6.35. The van der Waals surface area contributed by atoms with Crippen molar-refractivity contribution in [3.63, 3.8) is 0 Å². The van der Waals surface area contributed by atoms with Gasteiger partial charge in [-0.05, 0) is 42.0 Å². The van der Waals surface area contributed by atoms with Crippen molar-refractivity contribution in [3.05, 3.63) is 98.5 Å². The van der Waals surface area contributed by atoms with Crippen LogP contribution in [0.1, 0.15) is 16.7 Å². The second-order valence-electron chi connectivity index (χ2n) is 5.78. The lowest BCUT2D eigenvalue weighted by atomic mass is 10.2. The first-order chi connectivity index (χ1) is 13.1. The average molecular weight is 420 g/mol. The fourth-order valence-electron chi connectivity index (χ4n) is 2.38. The highest BCUT2D eigenvalue weighted by molar-refractivity contribution is 6.31. The Hall–Kier alpha value is -2.20. The molecule has 0 unspecified atom stereocenters. The molecule has 27 heavy (non-hydrogen) atoms. The van der Waals surface area contributed by atoms with Gasteiger partial charge >= 0.3 is 0 Å². The van der Waals surface area contributed by atoms with Gasteiger partial charge in [-0.1, -0.05) is 65.1 Å². The largest absolute Gasteiger partial charge is 0.488 e. The fraction of sp³-hybridized carbons (Fsp3) is 0.0952. The summed E-state index contributed by atoms with van der Waals surface area (Å²) < 4.78 is 5.91. The third-order valence-corrected chi connectivity index (χ3v) is 4.66. The maximum atomic E-state index is 6.18. The molecule has 0 bridgehead atoms. The Morgan fingerprint density at radius 1 is 0.889 bits per heavy atom. The van der Waals surface area contributed by atoms with Crippen LogP contribution in [0.4, 0.5) is 0 Å². The van der Waals surface area contributed by atoms with Crippen LogP contribution in [0.3, 0.4) is 0 Å². The summed E-state index contributed by atoms with van der Waals surface area (Å²) in [5, 5.41) is 6.25. The highest BCUT2D eigenvalue weighted by atomic mass is 35.5. The van der Waals surface area contributed by atoms with Crippen LogP contribution < -0.4 is 10.2 Å². The van der Waals surface area contributed by atoms with E-state index < -0.39 is 0 Å². The van der Waals surface area contributed by atoms with Crippen molar-refractivity contribution in [1.29, 1.82) is 0 Å². The molecule has 138 valence electrons. The standard InChI is InChI=1S/C21H17Cl3N2O/c22-18-7-5-15(6-8-18)12-25-26-13-17-11-19(23)9-10-21(17)27-14-16-3-1-2-4-20(16)24/h1-11,13,25H,12,14H2/b26-13-. The van der Waals surface area contributed by atoms with Gasteiger partial charge in [0.15, 0.2) is 0 Å². The molecule has 6 heteroatoms. The monoisotopic (exact) mass is 418 g/mol. The topological polar surface area (TPSA) is 33.6 Å². The van der Waals surface area contributed by atoms with Crippen LogP contribution in [-0.4, -0.2) is 6.21 Å². The Morgan fingerprint density at radius 3 is 2.41 bits per heavy atom. The third-order valence-electron chi connectivity index (χ3n) is 3.80. The van der Waals surface area contributed by atoms with Gasteiger partial charge in [-0.3, -0.25) is 0 Å². The van der Waals surface area contributed by atoms with Crippen molar-refractivity contribution in [2.45, 2.75) is 13.2 Å². The molecule has 0 spiro atoms. The minimum atomic E-state index is 0.361. The predicted molar refractivity (Wildman–Crippen MR) is 113 cm³/mol. The van der Waals surface area contributed by atoms with Crippen LogP contribution in [0.5, 0.6) is 5.75 Å². The second kappa shape index (κ2) is 9.65. The minimum absolute atomic E-state index is 0.361. The van der Waals surface area contributed by atoms with E-state index in [0.717, 1.165) is 16.7 Å². The van der Waals surface area contributed by atoms with Crippen molar-refractivity contribution in [2.24, 2.45) is 5.10 Å². The molecule has 3 rings (SSSR count). The molecular weight excluding hydrogens is 403 g/mol. The van der Waals surface area contributed by atoms with Crippen LogP contribution in [-0.2, 0) is 13.2 Å². The number of rotatable bonds is 7. The van der Waals surface area contributed by atoms with Gasteiger partial charge in [0.05, 0.1) is 12.8 Å². The van der Waals surface area contributed by atoms with Gasteiger partial charge in [-0.2, -0.15) is 5.10 Å². The van der Waals surface area contributed by atoms with E-state index in [1.807, 2.05) is 54.6 Å². The maximum Gasteiger partial charge on any atom is 0.128 e. The summed E-state index contributed by atoms with van der Waals surface area (Å²) in [6.45, 7) is 0.949. The molecule has 0 aliphatic rings. The molecule has 0 radical (unpaired) electrons. The number of hydrogen-bond acceptors (Lipinski definition) is 3. The second-order valence-corrected chi connectivity index (χ2v) is 7.06. The molecule has 0 aromatic heterocycles. The fourth-order valence-corrected chi connectivity index (χ4v) is 2.87. The molecule has 0 saturated heterocycles. The summed E-state index contributed by atoms with van der Waals surface area (Å²) >= 11 is 18.2. The van der Waals surface area contributed by atoms with Gasteiger partial charge < -0.3 is 10.2 Å². The van der Waals surface area contributed by atoms with E-state index >= 15 is 0 Å². The molecule has 0 atom stereocenters.